The zero-order valence-electron chi connectivity index (χ0n) is 21.1. The third kappa shape index (κ3) is 7.19. The van der Waals surface area contributed by atoms with Crippen LogP contribution in [-0.2, 0) is 20.6 Å². The van der Waals surface area contributed by atoms with Crippen molar-refractivity contribution in [2.24, 2.45) is 0 Å². The fourth-order valence-corrected chi connectivity index (χ4v) is 3.62. The highest BCUT2D eigenvalue weighted by atomic mass is 79.9. The Bertz CT molecular complexity index is 1010. The van der Waals surface area contributed by atoms with Crippen LogP contribution in [0.5, 0.6) is 5.75 Å². The average molecular weight is 542 g/mol. The zero-order chi connectivity index (χ0) is 26.2. The maximum absolute atomic E-state index is 13.4. The van der Waals surface area contributed by atoms with Gasteiger partial charge in [0.05, 0.1) is 10.0 Å². The molecule has 0 aromatic heterocycles. The fraction of sp³-hybridized carbons (Fsp3) is 0.583. The molecule has 34 heavy (non-hydrogen) atoms. The van der Waals surface area contributed by atoms with E-state index in [1.165, 1.54) is 0 Å². The Morgan fingerprint density at radius 3 is 1.91 bits per heavy atom. The van der Waals surface area contributed by atoms with E-state index in [2.05, 4.69) is 15.9 Å². The van der Waals surface area contributed by atoms with Gasteiger partial charge < -0.3 is 18.9 Å². The summed E-state index contributed by atoms with van der Waals surface area (Å²) in [5.74, 6) is -1.87. The summed E-state index contributed by atoms with van der Waals surface area (Å²) in [6.07, 6.45) is -1.64. The van der Waals surface area contributed by atoms with Crippen LogP contribution < -0.4 is 4.74 Å². The number of imide groups is 1. The number of carbonyl (C=O) groups excluding carboxylic acids is 4. The lowest BCUT2D eigenvalue weighted by Crippen LogP contribution is -2.45. The molecule has 1 aromatic rings. The van der Waals surface area contributed by atoms with Gasteiger partial charge in [-0.3, -0.25) is 4.79 Å². The molecule has 0 saturated carbocycles. The van der Waals surface area contributed by atoms with Crippen LogP contribution in [0.2, 0.25) is 0 Å². The number of carbonyl (C=O) groups is 4. The van der Waals surface area contributed by atoms with Crippen LogP contribution in [0.3, 0.4) is 0 Å². The summed E-state index contributed by atoms with van der Waals surface area (Å²) < 4.78 is 21.7. The first-order chi connectivity index (χ1) is 15.3. The highest BCUT2D eigenvalue weighted by Gasteiger charge is 2.39. The lowest BCUT2D eigenvalue weighted by Gasteiger charge is -2.31. The van der Waals surface area contributed by atoms with Crippen LogP contribution in [-0.4, -0.2) is 52.4 Å². The van der Waals surface area contributed by atoms with Crippen LogP contribution in [0.1, 0.15) is 88.6 Å². The fourth-order valence-electron chi connectivity index (χ4n) is 3.06. The third-order valence-corrected chi connectivity index (χ3v) is 4.76. The number of nitrogens with zero attached hydrogens (tertiary/aromatic N) is 1. The van der Waals surface area contributed by atoms with Crippen molar-refractivity contribution in [1.29, 1.82) is 0 Å². The standard InChI is InChI=1S/C24H32BrNO8/c1-22(2,3)32-19(28)16-15-13(10-11-26(18(15)27)20(29)33-23(4,5)6)12-14(25)17(16)31-21(30)34-24(7,8)9/h12H,10-11H2,1-9H3. The van der Waals surface area contributed by atoms with E-state index in [1.54, 1.807) is 68.4 Å². The summed E-state index contributed by atoms with van der Waals surface area (Å²) in [6, 6.07) is 1.58. The van der Waals surface area contributed by atoms with Crippen molar-refractivity contribution in [2.45, 2.75) is 85.5 Å². The summed E-state index contributed by atoms with van der Waals surface area (Å²) in [5, 5.41) is 0. The molecule has 0 spiro atoms. The lowest BCUT2D eigenvalue weighted by molar-refractivity contribution is 0.00495. The highest BCUT2D eigenvalue weighted by Crippen LogP contribution is 2.39. The highest BCUT2D eigenvalue weighted by molar-refractivity contribution is 9.10. The molecule has 0 unspecified atom stereocenters. The van der Waals surface area contributed by atoms with Gasteiger partial charge in [-0.15, -0.1) is 0 Å². The molecular weight excluding hydrogens is 510 g/mol. The summed E-state index contributed by atoms with van der Waals surface area (Å²) in [6.45, 7) is 15.1. The minimum Gasteiger partial charge on any atom is -0.456 e. The normalized spacial score (nSPS) is 14.3. The van der Waals surface area contributed by atoms with Gasteiger partial charge in [0, 0.05) is 6.54 Å². The van der Waals surface area contributed by atoms with Gasteiger partial charge in [-0.2, -0.15) is 0 Å². The Morgan fingerprint density at radius 1 is 0.882 bits per heavy atom. The molecule has 188 valence electrons. The molecule has 0 N–H and O–H groups in total. The summed E-state index contributed by atoms with van der Waals surface area (Å²) >= 11 is 3.33. The van der Waals surface area contributed by atoms with Crippen molar-refractivity contribution in [2.75, 3.05) is 6.54 Å². The van der Waals surface area contributed by atoms with Gasteiger partial charge in [0.15, 0.2) is 5.75 Å². The van der Waals surface area contributed by atoms with E-state index in [0.717, 1.165) is 4.90 Å². The van der Waals surface area contributed by atoms with Gasteiger partial charge in [-0.05, 0) is 96.3 Å². The first-order valence-corrected chi connectivity index (χ1v) is 11.6. The number of amides is 2. The van der Waals surface area contributed by atoms with E-state index in [9.17, 15) is 19.2 Å². The van der Waals surface area contributed by atoms with Gasteiger partial charge in [0.1, 0.15) is 22.4 Å². The Balaban J connectivity index is 2.64. The third-order valence-electron chi connectivity index (χ3n) is 4.17. The molecule has 2 amide bonds. The van der Waals surface area contributed by atoms with E-state index in [0.29, 0.717) is 5.56 Å². The van der Waals surface area contributed by atoms with Gasteiger partial charge in [0.2, 0.25) is 0 Å². The van der Waals surface area contributed by atoms with Crippen molar-refractivity contribution in [3.63, 3.8) is 0 Å². The minimum atomic E-state index is -1.06. The van der Waals surface area contributed by atoms with Crippen LogP contribution in [0.25, 0.3) is 0 Å². The second-order valence-electron chi connectivity index (χ2n) is 10.9. The molecule has 10 heteroatoms. The van der Waals surface area contributed by atoms with Crippen molar-refractivity contribution in [3.8, 4) is 5.75 Å². The molecule has 0 atom stereocenters. The lowest BCUT2D eigenvalue weighted by atomic mass is 9.93. The van der Waals surface area contributed by atoms with E-state index >= 15 is 0 Å². The Morgan fingerprint density at radius 2 is 1.41 bits per heavy atom. The van der Waals surface area contributed by atoms with Crippen LogP contribution in [0.15, 0.2) is 10.5 Å². The largest absolute Gasteiger partial charge is 0.514 e. The molecular formula is C24H32BrNO8. The van der Waals surface area contributed by atoms with Crippen LogP contribution in [0.4, 0.5) is 9.59 Å². The molecule has 0 radical (unpaired) electrons. The summed E-state index contributed by atoms with van der Waals surface area (Å²) in [7, 11) is 0. The van der Waals surface area contributed by atoms with E-state index < -0.39 is 40.9 Å². The monoisotopic (exact) mass is 541 g/mol. The topological polar surface area (TPSA) is 108 Å². The first-order valence-electron chi connectivity index (χ1n) is 10.8. The second-order valence-corrected chi connectivity index (χ2v) is 11.7. The van der Waals surface area contributed by atoms with Crippen molar-refractivity contribution >= 4 is 40.1 Å². The number of halogens is 1. The summed E-state index contributed by atoms with van der Waals surface area (Å²) in [5.41, 5.74) is -2.45. The molecule has 0 saturated heterocycles. The maximum Gasteiger partial charge on any atom is 0.514 e. The first kappa shape index (κ1) is 27.6. The Labute approximate surface area is 208 Å². The smallest absolute Gasteiger partial charge is 0.456 e. The molecule has 9 nitrogen and oxygen atoms in total. The SMILES string of the molecule is CC(C)(C)OC(=O)Oc1c(Br)cc2c(c1C(=O)OC(C)(C)C)C(=O)N(C(=O)OC(C)(C)C)CC2. The molecule has 0 fully saturated rings. The Hall–Kier alpha value is -2.62. The van der Waals surface area contributed by atoms with Gasteiger partial charge in [-0.25, -0.2) is 19.3 Å². The number of benzene rings is 1. The van der Waals surface area contributed by atoms with E-state index in [4.69, 9.17) is 18.9 Å². The van der Waals surface area contributed by atoms with Gasteiger partial charge in [0.25, 0.3) is 5.91 Å². The number of fused-ring (bicyclic) bond motifs is 1. The van der Waals surface area contributed by atoms with Crippen LogP contribution in [0, 0.1) is 0 Å². The van der Waals surface area contributed by atoms with Gasteiger partial charge in [-0.1, -0.05) is 0 Å². The average Bonchev–Trinajstić information content (AvgIpc) is 2.58. The number of esters is 1. The Kier molecular flexibility index (Phi) is 7.77. The predicted molar refractivity (Wildman–Crippen MR) is 127 cm³/mol. The molecule has 2 rings (SSSR count). The van der Waals surface area contributed by atoms with Crippen molar-refractivity contribution in [1.82, 2.24) is 4.90 Å². The summed E-state index contributed by atoms with van der Waals surface area (Å²) in [4.78, 5) is 52.7. The maximum atomic E-state index is 13.4. The number of rotatable bonds is 2. The van der Waals surface area contributed by atoms with Crippen molar-refractivity contribution in [3.05, 3.63) is 27.2 Å². The molecule has 1 aliphatic rings. The number of hydrogen-bond donors (Lipinski definition) is 0. The molecule has 0 bridgehead atoms. The molecule has 1 aliphatic heterocycles. The van der Waals surface area contributed by atoms with Crippen molar-refractivity contribution < 1.29 is 38.1 Å². The predicted octanol–water partition coefficient (Wildman–Crippen LogP) is 5.65. The minimum absolute atomic E-state index is 0.0627. The second kappa shape index (κ2) is 9.56. The quantitative estimate of drug-likeness (QED) is 0.268. The van der Waals surface area contributed by atoms with Crippen LogP contribution >= 0.6 is 15.9 Å². The van der Waals surface area contributed by atoms with Gasteiger partial charge >= 0.3 is 18.2 Å². The molecule has 1 aromatic carbocycles. The van der Waals surface area contributed by atoms with E-state index in [1.807, 2.05) is 0 Å². The molecule has 1 heterocycles. The molecule has 0 aliphatic carbocycles. The number of ether oxygens (including phenoxy) is 4. The van der Waals surface area contributed by atoms with E-state index in [-0.39, 0.29) is 34.3 Å². The number of hydrogen-bond acceptors (Lipinski definition) is 8. The zero-order valence-corrected chi connectivity index (χ0v) is 22.7.